The first-order chi connectivity index (χ1) is 7.54. The van der Waals surface area contributed by atoms with Crippen LogP contribution < -0.4 is 10.6 Å². The molecular formula is C12H17ClN2O. The van der Waals surface area contributed by atoms with E-state index in [2.05, 4.69) is 10.6 Å². The van der Waals surface area contributed by atoms with E-state index in [1.54, 1.807) is 7.05 Å². The molecule has 0 heterocycles. The highest BCUT2D eigenvalue weighted by atomic mass is 35.5. The molecule has 4 heteroatoms. The van der Waals surface area contributed by atoms with Crippen LogP contribution in [0.15, 0.2) is 18.2 Å². The Kier molecular flexibility index (Phi) is 4.77. The zero-order valence-corrected chi connectivity index (χ0v) is 10.6. The van der Waals surface area contributed by atoms with Gasteiger partial charge in [-0.05, 0) is 37.1 Å². The van der Waals surface area contributed by atoms with Gasteiger partial charge in [-0.15, -0.1) is 0 Å². The first-order valence-electron chi connectivity index (χ1n) is 5.24. The second-order valence-electron chi connectivity index (χ2n) is 3.79. The summed E-state index contributed by atoms with van der Waals surface area (Å²) in [5.41, 5.74) is 2.28. The highest BCUT2D eigenvalue weighted by Crippen LogP contribution is 2.14. The Hall–Kier alpha value is -1.06. The third kappa shape index (κ3) is 3.51. The molecule has 1 amide bonds. The van der Waals surface area contributed by atoms with Gasteiger partial charge in [-0.2, -0.15) is 0 Å². The molecule has 0 radical (unpaired) electrons. The van der Waals surface area contributed by atoms with E-state index in [1.807, 2.05) is 32.0 Å². The van der Waals surface area contributed by atoms with Crippen LogP contribution in [0.3, 0.4) is 0 Å². The van der Waals surface area contributed by atoms with Gasteiger partial charge in [-0.3, -0.25) is 4.79 Å². The summed E-state index contributed by atoms with van der Waals surface area (Å²) in [5, 5.41) is 6.49. The smallest absolute Gasteiger partial charge is 0.236 e. The Morgan fingerprint density at radius 1 is 1.50 bits per heavy atom. The van der Waals surface area contributed by atoms with Crippen molar-refractivity contribution in [2.45, 2.75) is 26.4 Å². The lowest BCUT2D eigenvalue weighted by Crippen LogP contribution is -2.40. The maximum atomic E-state index is 11.3. The number of carbonyl (C=O) groups is 1. The van der Waals surface area contributed by atoms with Gasteiger partial charge >= 0.3 is 0 Å². The van der Waals surface area contributed by atoms with E-state index in [9.17, 15) is 4.79 Å². The summed E-state index contributed by atoms with van der Waals surface area (Å²) in [4.78, 5) is 11.3. The molecule has 0 bridgehead atoms. The monoisotopic (exact) mass is 240 g/mol. The molecule has 0 saturated heterocycles. The molecule has 2 N–H and O–H groups in total. The van der Waals surface area contributed by atoms with Crippen molar-refractivity contribution in [3.8, 4) is 0 Å². The maximum absolute atomic E-state index is 11.3. The van der Waals surface area contributed by atoms with E-state index in [0.717, 1.165) is 16.1 Å². The van der Waals surface area contributed by atoms with Crippen molar-refractivity contribution < 1.29 is 4.79 Å². The average Bonchev–Trinajstić information content (AvgIpc) is 2.26. The number of rotatable bonds is 4. The molecule has 3 nitrogen and oxygen atoms in total. The topological polar surface area (TPSA) is 41.1 Å². The van der Waals surface area contributed by atoms with E-state index in [4.69, 9.17) is 11.6 Å². The lowest BCUT2D eigenvalue weighted by molar-refractivity contribution is -0.122. The van der Waals surface area contributed by atoms with Crippen LogP contribution in [-0.2, 0) is 11.3 Å². The Labute approximate surface area is 101 Å². The van der Waals surface area contributed by atoms with E-state index in [0.29, 0.717) is 6.54 Å². The van der Waals surface area contributed by atoms with Crippen molar-refractivity contribution in [2.75, 3.05) is 7.05 Å². The number of likely N-dealkylation sites (N-methyl/N-ethyl adjacent to an activating group) is 1. The SMILES string of the molecule is CNC(=O)[C@@H](C)NCc1ccc(Cl)cc1C. The number of hydrogen-bond donors (Lipinski definition) is 2. The van der Waals surface area contributed by atoms with Gasteiger partial charge in [0, 0.05) is 18.6 Å². The molecule has 0 spiro atoms. The summed E-state index contributed by atoms with van der Waals surface area (Å²) in [6.45, 7) is 4.51. The minimum absolute atomic E-state index is 0.00776. The number of amides is 1. The molecule has 1 rings (SSSR count). The molecule has 16 heavy (non-hydrogen) atoms. The third-order valence-corrected chi connectivity index (χ3v) is 2.78. The Bertz CT molecular complexity index is 379. The molecule has 88 valence electrons. The number of halogens is 1. The van der Waals surface area contributed by atoms with Crippen molar-refractivity contribution in [1.29, 1.82) is 0 Å². The van der Waals surface area contributed by atoms with Gasteiger partial charge < -0.3 is 10.6 Å². The predicted octanol–water partition coefficient (Wildman–Crippen LogP) is 1.87. The molecule has 0 fully saturated rings. The zero-order chi connectivity index (χ0) is 12.1. The molecule has 0 aliphatic heterocycles. The molecule has 0 saturated carbocycles. The maximum Gasteiger partial charge on any atom is 0.236 e. The summed E-state index contributed by atoms with van der Waals surface area (Å²) in [6.07, 6.45) is 0. The minimum atomic E-state index is -0.194. The first-order valence-corrected chi connectivity index (χ1v) is 5.62. The summed E-state index contributed by atoms with van der Waals surface area (Å²) in [6, 6.07) is 5.56. The molecule has 0 unspecified atom stereocenters. The van der Waals surface area contributed by atoms with Gasteiger partial charge in [-0.25, -0.2) is 0 Å². The minimum Gasteiger partial charge on any atom is -0.358 e. The van der Waals surface area contributed by atoms with Crippen molar-refractivity contribution in [1.82, 2.24) is 10.6 Å². The van der Waals surface area contributed by atoms with Crippen molar-refractivity contribution in [2.24, 2.45) is 0 Å². The predicted molar refractivity (Wildman–Crippen MR) is 66.6 cm³/mol. The van der Waals surface area contributed by atoms with Crippen LogP contribution in [0.25, 0.3) is 0 Å². The second-order valence-corrected chi connectivity index (χ2v) is 4.22. The fraction of sp³-hybridized carbons (Fsp3) is 0.417. The Morgan fingerprint density at radius 3 is 2.75 bits per heavy atom. The number of nitrogens with one attached hydrogen (secondary N) is 2. The van der Waals surface area contributed by atoms with Crippen molar-refractivity contribution in [3.05, 3.63) is 34.3 Å². The van der Waals surface area contributed by atoms with Gasteiger partial charge in [0.25, 0.3) is 0 Å². The standard InChI is InChI=1S/C12H17ClN2O/c1-8-6-11(13)5-4-10(8)7-15-9(2)12(16)14-3/h4-6,9,15H,7H2,1-3H3,(H,14,16)/t9-/m1/s1. The van der Waals surface area contributed by atoms with Crippen LogP contribution in [0, 0.1) is 6.92 Å². The molecule has 1 aromatic carbocycles. The Balaban J connectivity index is 2.58. The fourth-order valence-corrected chi connectivity index (χ4v) is 1.66. The third-order valence-electron chi connectivity index (χ3n) is 2.54. The summed E-state index contributed by atoms with van der Waals surface area (Å²) < 4.78 is 0. The summed E-state index contributed by atoms with van der Waals surface area (Å²) >= 11 is 5.87. The summed E-state index contributed by atoms with van der Waals surface area (Å²) in [7, 11) is 1.63. The quantitative estimate of drug-likeness (QED) is 0.844. The summed E-state index contributed by atoms with van der Waals surface area (Å²) in [5.74, 6) is -0.00776. The number of aryl methyl sites for hydroxylation is 1. The average molecular weight is 241 g/mol. The first kappa shape index (κ1) is 13.0. The van der Waals surface area contributed by atoms with Gasteiger partial charge in [0.15, 0.2) is 0 Å². The van der Waals surface area contributed by atoms with Crippen molar-refractivity contribution >= 4 is 17.5 Å². The van der Waals surface area contributed by atoms with Crippen LogP contribution >= 0.6 is 11.6 Å². The van der Waals surface area contributed by atoms with Gasteiger partial charge in [-0.1, -0.05) is 17.7 Å². The van der Waals surface area contributed by atoms with Gasteiger partial charge in [0.05, 0.1) is 6.04 Å². The number of carbonyl (C=O) groups excluding carboxylic acids is 1. The molecule has 0 aliphatic rings. The Morgan fingerprint density at radius 2 is 2.19 bits per heavy atom. The normalized spacial score (nSPS) is 12.2. The fourth-order valence-electron chi connectivity index (χ4n) is 1.43. The molecular weight excluding hydrogens is 224 g/mol. The van der Waals surface area contributed by atoms with E-state index < -0.39 is 0 Å². The molecule has 1 atom stereocenters. The second kappa shape index (κ2) is 5.87. The van der Waals surface area contributed by atoms with Crippen LogP contribution in [0.4, 0.5) is 0 Å². The van der Waals surface area contributed by atoms with E-state index >= 15 is 0 Å². The molecule has 0 aromatic heterocycles. The zero-order valence-electron chi connectivity index (χ0n) is 9.80. The highest BCUT2D eigenvalue weighted by molar-refractivity contribution is 6.30. The van der Waals surface area contributed by atoms with Crippen LogP contribution in [0.1, 0.15) is 18.1 Å². The highest BCUT2D eigenvalue weighted by Gasteiger charge is 2.10. The number of hydrogen-bond acceptors (Lipinski definition) is 2. The molecule has 1 aromatic rings. The van der Waals surface area contributed by atoms with Crippen molar-refractivity contribution in [3.63, 3.8) is 0 Å². The largest absolute Gasteiger partial charge is 0.358 e. The van der Waals surface area contributed by atoms with E-state index in [1.165, 1.54) is 0 Å². The number of benzene rings is 1. The molecule has 0 aliphatic carbocycles. The van der Waals surface area contributed by atoms with Crippen LogP contribution in [0.5, 0.6) is 0 Å². The van der Waals surface area contributed by atoms with Crippen LogP contribution in [-0.4, -0.2) is 19.0 Å². The van der Waals surface area contributed by atoms with Gasteiger partial charge in [0.2, 0.25) is 5.91 Å². The lowest BCUT2D eigenvalue weighted by atomic mass is 10.1. The van der Waals surface area contributed by atoms with Gasteiger partial charge in [0.1, 0.15) is 0 Å². The van der Waals surface area contributed by atoms with Crippen LogP contribution in [0.2, 0.25) is 5.02 Å². The van der Waals surface area contributed by atoms with E-state index in [-0.39, 0.29) is 11.9 Å². The lowest BCUT2D eigenvalue weighted by Gasteiger charge is -2.13.